The van der Waals surface area contributed by atoms with E-state index in [1.807, 2.05) is 4.90 Å². The van der Waals surface area contributed by atoms with E-state index >= 15 is 0 Å². The van der Waals surface area contributed by atoms with Crippen molar-refractivity contribution in [1.29, 1.82) is 0 Å². The van der Waals surface area contributed by atoms with Gasteiger partial charge in [0.25, 0.3) is 0 Å². The van der Waals surface area contributed by atoms with Crippen LogP contribution in [0, 0.1) is 0 Å². The van der Waals surface area contributed by atoms with Gasteiger partial charge in [-0.15, -0.1) is 0 Å². The molecule has 5 nitrogen and oxygen atoms in total. The number of piperazine rings is 1. The summed E-state index contributed by atoms with van der Waals surface area (Å²) in [5.41, 5.74) is 0. The highest BCUT2D eigenvalue weighted by atomic mass is 16.2. The second kappa shape index (κ2) is 6.59. The van der Waals surface area contributed by atoms with Gasteiger partial charge in [-0.05, 0) is 18.9 Å². The quantitative estimate of drug-likeness (QED) is 0.766. The number of hydrogen-bond acceptors (Lipinski definition) is 2. The van der Waals surface area contributed by atoms with Gasteiger partial charge in [-0.2, -0.15) is 0 Å². The summed E-state index contributed by atoms with van der Waals surface area (Å²) in [5.74, 6) is -0.0488. The van der Waals surface area contributed by atoms with E-state index in [1.54, 1.807) is 4.90 Å². The highest BCUT2D eigenvalue weighted by molar-refractivity contribution is 5.87. The minimum Gasteiger partial charge on any atom is -0.336 e. The molecule has 0 bridgehead atoms. The second-order valence-corrected chi connectivity index (χ2v) is 5.30. The van der Waals surface area contributed by atoms with Crippen molar-refractivity contribution in [3.63, 3.8) is 0 Å². The minimum absolute atomic E-state index is 0.0256. The van der Waals surface area contributed by atoms with Gasteiger partial charge in [-0.1, -0.05) is 25.8 Å². The fourth-order valence-electron chi connectivity index (χ4n) is 2.77. The number of hydrogen-bond donors (Lipinski definition) is 1. The summed E-state index contributed by atoms with van der Waals surface area (Å²) in [6, 6.07) is 0.367. The van der Waals surface area contributed by atoms with Crippen LogP contribution in [0.25, 0.3) is 0 Å². The lowest BCUT2D eigenvalue weighted by atomic mass is 9.96. The van der Waals surface area contributed by atoms with Gasteiger partial charge in [0, 0.05) is 32.2 Å². The van der Waals surface area contributed by atoms with Crippen molar-refractivity contribution in [2.24, 2.45) is 0 Å². The van der Waals surface area contributed by atoms with E-state index in [1.165, 1.54) is 25.3 Å². The molecule has 0 unspecified atom stereocenters. The molecule has 0 atom stereocenters. The highest BCUT2D eigenvalue weighted by Gasteiger charge is 2.24. The van der Waals surface area contributed by atoms with E-state index in [-0.39, 0.29) is 11.9 Å². The van der Waals surface area contributed by atoms with Crippen LogP contribution in [0.1, 0.15) is 32.1 Å². The Bertz CT molecular complexity index is 343. The number of rotatable bonds is 2. The topological polar surface area (TPSA) is 52.7 Å². The van der Waals surface area contributed by atoms with Crippen molar-refractivity contribution < 1.29 is 9.59 Å². The van der Waals surface area contributed by atoms with E-state index in [2.05, 4.69) is 11.9 Å². The molecule has 1 saturated carbocycles. The van der Waals surface area contributed by atoms with Crippen LogP contribution in [0.4, 0.5) is 4.79 Å². The summed E-state index contributed by atoms with van der Waals surface area (Å²) in [6.45, 7) is 5.90. The van der Waals surface area contributed by atoms with Crippen molar-refractivity contribution in [2.75, 3.05) is 26.2 Å². The Morgan fingerprint density at radius 2 is 1.58 bits per heavy atom. The zero-order chi connectivity index (χ0) is 13.7. The van der Waals surface area contributed by atoms with Gasteiger partial charge in [0.15, 0.2) is 0 Å². The molecule has 0 aromatic carbocycles. The van der Waals surface area contributed by atoms with Crippen molar-refractivity contribution in [2.45, 2.75) is 38.1 Å². The van der Waals surface area contributed by atoms with Crippen LogP contribution in [-0.2, 0) is 4.79 Å². The molecule has 2 rings (SSSR count). The number of urea groups is 1. The lowest BCUT2D eigenvalue weighted by Gasteiger charge is -2.35. The standard InChI is InChI=1S/C14H23N3O2/c1-2-13(18)16-8-10-17(11-9-16)14(19)15-12-6-4-3-5-7-12/h2,12H,1,3-11H2,(H,15,19). The third-order valence-corrected chi connectivity index (χ3v) is 3.99. The molecule has 0 radical (unpaired) electrons. The Hall–Kier alpha value is -1.52. The third-order valence-electron chi connectivity index (χ3n) is 3.99. The summed E-state index contributed by atoms with van der Waals surface area (Å²) in [6.07, 6.45) is 7.24. The van der Waals surface area contributed by atoms with Crippen LogP contribution in [0.15, 0.2) is 12.7 Å². The highest BCUT2D eigenvalue weighted by Crippen LogP contribution is 2.17. The largest absolute Gasteiger partial charge is 0.336 e. The minimum atomic E-state index is -0.0488. The first-order valence-electron chi connectivity index (χ1n) is 7.17. The summed E-state index contributed by atoms with van der Waals surface area (Å²) >= 11 is 0. The van der Waals surface area contributed by atoms with Crippen molar-refractivity contribution in [3.05, 3.63) is 12.7 Å². The zero-order valence-corrected chi connectivity index (χ0v) is 11.4. The van der Waals surface area contributed by atoms with Gasteiger partial charge in [0.05, 0.1) is 0 Å². The molecule has 1 saturated heterocycles. The van der Waals surface area contributed by atoms with E-state index in [4.69, 9.17) is 0 Å². The predicted octanol–water partition coefficient (Wildman–Crippen LogP) is 1.36. The smallest absolute Gasteiger partial charge is 0.317 e. The zero-order valence-electron chi connectivity index (χ0n) is 11.4. The third kappa shape index (κ3) is 3.72. The van der Waals surface area contributed by atoms with Gasteiger partial charge in [0.1, 0.15) is 0 Å². The Balaban J connectivity index is 1.75. The molecule has 3 amide bonds. The Labute approximate surface area is 114 Å². The molecule has 1 N–H and O–H groups in total. The summed E-state index contributed by atoms with van der Waals surface area (Å²) < 4.78 is 0. The Kier molecular flexibility index (Phi) is 4.82. The van der Waals surface area contributed by atoms with Crippen molar-refractivity contribution in [3.8, 4) is 0 Å². The molecular formula is C14H23N3O2. The molecule has 0 aromatic rings. The van der Waals surface area contributed by atoms with Crippen LogP contribution < -0.4 is 5.32 Å². The van der Waals surface area contributed by atoms with Crippen LogP contribution >= 0.6 is 0 Å². The van der Waals surface area contributed by atoms with Crippen LogP contribution in [0.3, 0.4) is 0 Å². The molecule has 19 heavy (non-hydrogen) atoms. The lowest BCUT2D eigenvalue weighted by molar-refractivity contribution is -0.127. The first-order chi connectivity index (χ1) is 9.20. The predicted molar refractivity (Wildman–Crippen MR) is 73.8 cm³/mol. The summed E-state index contributed by atoms with van der Waals surface area (Å²) in [5, 5.41) is 3.11. The molecular weight excluding hydrogens is 242 g/mol. The molecule has 1 aliphatic heterocycles. The number of carbonyl (C=O) groups is 2. The molecule has 5 heteroatoms. The average molecular weight is 265 g/mol. The van der Waals surface area contributed by atoms with Crippen molar-refractivity contribution >= 4 is 11.9 Å². The molecule has 2 aliphatic rings. The first-order valence-corrected chi connectivity index (χ1v) is 7.17. The number of carbonyl (C=O) groups excluding carboxylic acids is 2. The van der Waals surface area contributed by atoms with Crippen LogP contribution in [0.5, 0.6) is 0 Å². The van der Waals surface area contributed by atoms with Gasteiger partial charge < -0.3 is 15.1 Å². The monoisotopic (exact) mass is 265 g/mol. The normalized spacial score (nSPS) is 21.1. The number of amides is 3. The Morgan fingerprint density at radius 1 is 1.00 bits per heavy atom. The van der Waals surface area contributed by atoms with Gasteiger partial charge in [-0.25, -0.2) is 4.79 Å². The molecule has 1 aliphatic carbocycles. The maximum Gasteiger partial charge on any atom is 0.317 e. The van der Waals surface area contributed by atoms with E-state index in [9.17, 15) is 9.59 Å². The number of nitrogens with zero attached hydrogens (tertiary/aromatic N) is 2. The van der Waals surface area contributed by atoms with E-state index < -0.39 is 0 Å². The van der Waals surface area contributed by atoms with Crippen LogP contribution in [-0.4, -0.2) is 54.0 Å². The maximum atomic E-state index is 12.1. The SMILES string of the molecule is C=CC(=O)N1CCN(C(=O)NC2CCCCC2)CC1. The molecule has 0 aromatic heterocycles. The maximum absolute atomic E-state index is 12.1. The summed E-state index contributed by atoms with van der Waals surface area (Å²) in [7, 11) is 0. The first kappa shape index (κ1) is 13.9. The summed E-state index contributed by atoms with van der Waals surface area (Å²) in [4.78, 5) is 27.1. The molecule has 2 fully saturated rings. The fourth-order valence-corrected chi connectivity index (χ4v) is 2.77. The fraction of sp³-hybridized carbons (Fsp3) is 0.714. The van der Waals surface area contributed by atoms with Gasteiger partial charge >= 0.3 is 6.03 Å². The molecule has 106 valence electrons. The number of nitrogens with one attached hydrogen (secondary N) is 1. The lowest BCUT2D eigenvalue weighted by Crippen LogP contribution is -2.54. The second-order valence-electron chi connectivity index (χ2n) is 5.30. The Morgan fingerprint density at radius 3 is 2.16 bits per heavy atom. The van der Waals surface area contributed by atoms with Crippen LogP contribution in [0.2, 0.25) is 0 Å². The van der Waals surface area contributed by atoms with E-state index in [0.29, 0.717) is 32.2 Å². The molecule has 1 heterocycles. The van der Waals surface area contributed by atoms with Gasteiger partial charge in [0.2, 0.25) is 5.91 Å². The van der Waals surface area contributed by atoms with Gasteiger partial charge in [-0.3, -0.25) is 4.79 Å². The van der Waals surface area contributed by atoms with E-state index in [0.717, 1.165) is 12.8 Å². The average Bonchev–Trinajstić information content (AvgIpc) is 2.47. The van der Waals surface area contributed by atoms with Crippen molar-refractivity contribution in [1.82, 2.24) is 15.1 Å². The molecule has 0 spiro atoms.